The summed E-state index contributed by atoms with van der Waals surface area (Å²) in [4.78, 5) is 19.4. The summed E-state index contributed by atoms with van der Waals surface area (Å²) in [6.07, 6.45) is 2.78. The number of amides is 1. The van der Waals surface area contributed by atoms with E-state index in [1.807, 2.05) is 0 Å². The molecule has 0 radical (unpaired) electrons. The highest BCUT2D eigenvalue weighted by atomic mass is 19.3. The first-order chi connectivity index (χ1) is 15.3. The van der Waals surface area contributed by atoms with E-state index in [-0.39, 0.29) is 50.0 Å². The first kappa shape index (κ1) is 21.6. The molecule has 0 saturated carbocycles. The highest BCUT2D eigenvalue weighted by molar-refractivity contribution is 5.91. The number of carbonyl (C=O) groups excluding carboxylic acids is 1. The smallest absolute Gasteiger partial charge is 0.266 e. The van der Waals surface area contributed by atoms with Crippen LogP contribution in [-0.2, 0) is 17.8 Å². The van der Waals surface area contributed by atoms with Crippen LogP contribution in [0, 0.1) is 5.82 Å². The molecule has 3 heterocycles. The first-order valence-electron chi connectivity index (χ1n) is 9.91. The number of halogens is 3. The number of carbonyl (C=O) groups is 1. The zero-order chi connectivity index (χ0) is 22.7. The molecule has 1 saturated heterocycles. The van der Waals surface area contributed by atoms with E-state index in [1.165, 1.54) is 35.3 Å². The van der Waals surface area contributed by atoms with E-state index in [2.05, 4.69) is 20.5 Å². The second-order valence-electron chi connectivity index (χ2n) is 7.51. The van der Waals surface area contributed by atoms with Crippen LogP contribution >= 0.6 is 0 Å². The fraction of sp³-hybridized carbons (Fsp3) is 0.333. The molecule has 1 N–H and O–H groups in total. The molecular formula is C21H21F3N6O2. The van der Waals surface area contributed by atoms with Crippen molar-refractivity contribution in [2.75, 3.05) is 30.4 Å². The fourth-order valence-corrected chi connectivity index (χ4v) is 3.41. The van der Waals surface area contributed by atoms with Gasteiger partial charge in [0.05, 0.1) is 32.8 Å². The van der Waals surface area contributed by atoms with Gasteiger partial charge in [0.1, 0.15) is 5.82 Å². The van der Waals surface area contributed by atoms with Crippen LogP contribution in [0.15, 0.2) is 42.7 Å². The maximum atomic E-state index is 13.5. The highest BCUT2D eigenvalue weighted by Crippen LogP contribution is 2.29. The molecule has 2 aromatic heterocycles. The lowest BCUT2D eigenvalue weighted by Crippen LogP contribution is -2.25. The molecular weight excluding hydrogens is 425 g/mol. The number of anilines is 2. The van der Waals surface area contributed by atoms with Gasteiger partial charge in [0.25, 0.3) is 5.92 Å². The van der Waals surface area contributed by atoms with Gasteiger partial charge in [-0.25, -0.2) is 18.2 Å². The molecule has 0 unspecified atom stereocenters. The molecule has 32 heavy (non-hydrogen) atoms. The quantitative estimate of drug-likeness (QED) is 0.601. The summed E-state index contributed by atoms with van der Waals surface area (Å²) >= 11 is 0. The van der Waals surface area contributed by atoms with Gasteiger partial charge in [-0.05, 0) is 29.3 Å². The summed E-state index contributed by atoms with van der Waals surface area (Å²) in [5, 5.41) is 10.9. The predicted molar refractivity (Wildman–Crippen MR) is 110 cm³/mol. The Morgan fingerprint density at radius 3 is 2.72 bits per heavy atom. The Labute approximate surface area is 182 Å². The summed E-state index contributed by atoms with van der Waals surface area (Å²) in [7, 11) is 1.38. The molecule has 3 aromatic rings. The number of aromatic nitrogens is 4. The zero-order valence-corrected chi connectivity index (χ0v) is 17.3. The fourth-order valence-electron chi connectivity index (χ4n) is 3.41. The molecule has 8 nitrogen and oxygen atoms in total. The molecule has 1 amide bonds. The Kier molecular flexibility index (Phi) is 5.97. The molecule has 0 bridgehead atoms. The lowest BCUT2D eigenvalue weighted by atomic mass is 10.2. The third-order valence-electron chi connectivity index (χ3n) is 5.01. The van der Waals surface area contributed by atoms with Gasteiger partial charge < -0.3 is 15.0 Å². The summed E-state index contributed by atoms with van der Waals surface area (Å²) < 4.78 is 45.2. The van der Waals surface area contributed by atoms with Crippen LogP contribution in [0.1, 0.15) is 17.5 Å². The Morgan fingerprint density at radius 2 is 2.03 bits per heavy atom. The van der Waals surface area contributed by atoms with Crippen LogP contribution < -0.4 is 15.0 Å². The number of alkyl halides is 2. The molecule has 1 aromatic carbocycles. The number of rotatable bonds is 7. The molecule has 1 aliphatic rings. The Hall–Kier alpha value is -3.63. The number of benzene rings is 1. The van der Waals surface area contributed by atoms with E-state index >= 15 is 0 Å². The third kappa shape index (κ3) is 5.16. The minimum Gasteiger partial charge on any atom is -0.494 e. The van der Waals surface area contributed by atoms with Crippen molar-refractivity contribution in [2.24, 2.45) is 0 Å². The van der Waals surface area contributed by atoms with Gasteiger partial charge in [0.2, 0.25) is 5.91 Å². The van der Waals surface area contributed by atoms with E-state index in [0.717, 1.165) is 5.56 Å². The number of hydrogen-bond donors (Lipinski definition) is 1. The zero-order valence-electron chi connectivity index (χ0n) is 17.3. The lowest BCUT2D eigenvalue weighted by Gasteiger charge is -2.17. The molecule has 168 valence electrons. The summed E-state index contributed by atoms with van der Waals surface area (Å²) in [6.45, 7) is 0.174. The Morgan fingerprint density at radius 1 is 1.22 bits per heavy atom. The highest BCUT2D eigenvalue weighted by Gasteiger charge is 2.38. The molecule has 0 spiro atoms. The largest absolute Gasteiger partial charge is 0.494 e. The minimum atomic E-state index is -2.69. The monoisotopic (exact) mass is 446 g/mol. The van der Waals surface area contributed by atoms with E-state index in [4.69, 9.17) is 4.74 Å². The molecule has 0 aliphatic carbocycles. The van der Waals surface area contributed by atoms with Crippen LogP contribution in [0.2, 0.25) is 0 Å². The standard InChI is InChI=1S/C21H21F3N6O2/c1-32-17-8-15(2-4-16(17)22)12-30-26-11-18(28-30)27-20(31)9-14-3-5-19(25-10-14)29-7-6-21(23,24)13-29/h2-5,8,10-11H,6-7,9,12-13H2,1H3,(H,27,28,31). The number of methoxy groups -OCH3 is 1. The van der Waals surface area contributed by atoms with Crippen molar-refractivity contribution in [3.8, 4) is 5.75 Å². The number of nitrogens with one attached hydrogen (secondary N) is 1. The Balaban J connectivity index is 1.31. The van der Waals surface area contributed by atoms with Gasteiger partial charge in [0.15, 0.2) is 17.4 Å². The first-order valence-corrected chi connectivity index (χ1v) is 9.91. The maximum absolute atomic E-state index is 13.5. The molecule has 1 aliphatic heterocycles. The second-order valence-corrected chi connectivity index (χ2v) is 7.51. The summed E-state index contributed by atoms with van der Waals surface area (Å²) in [6, 6.07) is 7.78. The molecule has 4 rings (SSSR count). The van der Waals surface area contributed by atoms with Crippen LogP contribution in [0.25, 0.3) is 0 Å². The summed E-state index contributed by atoms with van der Waals surface area (Å²) in [5.74, 6) is -2.61. The number of nitrogens with zero attached hydrogens (tertiary/aromatic N) is 5. The van der Waals surface area contributed by atoms with E-state index in [9.17, 15) is 18.0 Å². The van der Waals surface area contributed by atoms with Gasteiger partial charge in [-0.1, -0.05) is 12.1 Å². The number of pyridine rings is 1. The van der Waals surface area contributed by atoms with Crippen molar-refractivity contribution in [3.05, 3.63) is 59.7 Å². The van der Waals surface area contributed by atoms with Crippen LogP contribution in [0.5, 0.6) is 5.75 Å². The van der Waals surface area contributed by atoms with Crippen molar-refractivity contribution in [1.82, 2.24) is 20.0 Å². The minimum absolute atomic E-state index is 0.0471. The van der Waals surface area contributed by atoms with Crippen molar-refractivity contribution in [3.63, 3.8) is 0 Å². The molecule has 1 fully saturated rings. The van der Waals surface area contributed by atoms with Gasteiger partial charge in [-0.2, -0.15) is 9.90 Å². The van der Waals surface area contributed by atoms with Crippen molar-refractivity contribution >= 4 is 17.5 Å². The Bertz CT molecular complexity index is 1100. The summed E-state index contributed by atoms with van der Waals surface area (Å²) in [5.41, 5.74) is 1.38. The maximum Gasteiger partial charge on any atom is 0.266 e. The topological polar surface area (TPSA) is 85.2 Å². The second kappa shape index (κ2) is 8.85. The van der Waals surface area contributed by atoms with E-state index < -0.39 is 11.7 Å². The van der Waals surface area contributed by atoms with E-state index in [1.54, 1.807) is 24.3 Å². The third-order valence-corrected chi connectivity index (χ3v) is 5.01. The lowest BCUT2D eigenvalue weighted by molar-refractivity contribution is -0.115. The van der Waals surface area contributed by atoms with Crippen molar-refractivity contribution in [2.45, 2.75) is 25.3 Å². The van der Waals surface area contributed by atoms with Crippen molar-refractivity contribution < 1.29 is 22.7 Å². The molecule has 11 heteroatoms. The van der Waals surface area contributed by atoms with Gasteiger partial charge in [-0.3, -0.25) is 4.79 Å². The van der Waals surface area contributed by atoms with E-state index in [0.29, 0.717) is 11.4 Å². The van der Waals surface area contributed by atoms with Gasteiger partial charge in [-0.15, -0.1) is 5.10 Å². The average Bonchev–Trinajstić information content (AvgIpc) is 3.35. The number of ether oxygens (including phenoxy) is 1. The SMILES string of the molecule is COc1cc(Cn2ncc(NC(=O)Cc3ccc(N4CCC(F)(F)C4)nc3)n2)ccc1F. The van der Waals surface area contributed by atoms with Gasteiger partial charge in [0, 0.05) is 19.2 Å². The van der Waals surface area contributed by atoms with Gasteiger partial charge >= 0.3 is 0 Å². The van der Waals surface area contributed by atoms with Crippen LogP contribution in [0.3, 0.4) is 0 Å². The normalized spacial score (nSPS) is 15.1. The van der Waals surface area contributed by atoms with Crippen LogP contribution in [-0.4, -0.2) is 52.0 Å². The number of hydrogen-bond acceptors (Lipinski definition) is 6. The predicted octanol–water partition coefficient (Wildman–Crippen LogP) is 2.90. The van der Waals surface area contributed by atoms with Crippen LogP contribution in [0.4, 0.5) is 24.8 Å². The average molecular weight is 446 g/mol. The molecule has 0 atom stereocenters. The van der Waals surface area contributed by atoms with Crippen molar-refractivity contribution in [1.29, 1.82) is 0 Å².